The van der Waals surface area contributed by atoms with Crippen LogP contribution in [0.4, 0.5) is 0 Å². The Morgan fingerprint density at radius 2 is 2.00 bits per heavy atom. The number of aryl methyl sites for hydroxylation is 2. The highest BCUT2D eigenvalue weighted by atomic mass is 14.0. The van der Waals surface area contributed by atoms with Crippen LogP contribution >= 0.6 is 0 Å². The molecule has 0 heterocycles. The van der Waals surface area contributed by atoms with Gasteiger partial charge >= 0.3 is 0 Å². The van der Waals surface area contributed by atoms with E-state index in [0.29, 0.717) is 0 Å². The average Bonchev–Trinajstić information content (AvgIpc) is 2.04. The molecule has 0 aliphatic heterocycles. The van der Waals surface area contributed by atoms with Gasteiger partial charge < -0.3 is 0 Å². The molecular weight excluding hydrogens is 156 g/mol. The van der Waals surface area contributed by atoms with Gasteiger partial charge in [-0.2, -0.15) is 0 Å². The van der Waals surface area contributed by atoms with Crippen molar-refractivity contribution in [2.75, 3.05) is 0 Å². The number of allylic oxidation sites excluding steroid dienone is 3. The van der Waals surface area contributed by atoms with Crippen molar-refractivity contribution in [1.29, 1.82) is 0 Å². The van der Waals surface area contributed by atoms with Gasteiger partial charge in [0.05, 0.1) is 0 Å². The first kappa shape index (κ1) is 9.79. The van der Waals surface area contributed by atoms with Gasteiger partial charge in [-0.15, -0.1) is 0 Å². The summed E-state index contributed by atoms with van der Waals surface area (Å²) >= 11 is 0. The van der Waals surface area contributed by atoms with E-state index in [1.807, 2.05) is 12.2 Å². The minimum Gasteiger partial charge on any atom is -0.0991 e. The molecule has 0 saturated carbocycles. The molecule has 0 radical (unpaired) electrons. The van der Waals surface area contributed by atoms with Crippen molar-refractivity contribution in [3.63, 3.8) is 0 Å². The van der Waals surface area contributed by atoms with Gasteiger partial charge in [0.2, 0.25) is 0 Å². The quantitative estimate of drug-likeness (QED) is 0.594. The van der Waals surface area contributed by atoms with Gasteiger partial charge in [-0.25, -0.2) is 0 Å². The molecule has 0 aliphatic rings. The fraction of sp³-hybridized carbons (Fsp3) is 0.231. The molecule has 0 atom stereocenters. The van der Waals surface area contributed by atoms with E-state index in [1.165, 1.54) is 22.3 Å². The molecule has 0 aliphatic carbocycles. The smallest absolute Gasteiger partial charge is 0.0198 e. The monoisotopic (exact) mass is 172 g/mol. The Labute approximate surface area is 80.6 Å². The molecule has 0 saturated heterocycles. The van der Waals surface area contributed by atoms with Crippen molar-refractivity contribution >= 4 is 5.57 Å². The third-order valence-corrected chi connectivity index (χ3v) is 2.17. The topological polar surface area (TPSA) is 0 Å². The molecular formula is C13H16. The largest absolute Gasteiger partial charge is 0.0991 e. The Bertz CT molecular complexity index is 343. The van der Waals surface area contributed by atoms with Crippen molar-refractivity contribution in [3.8, 4) is 0 Å². The Hall–Kier alpha value is -1.30. The molecule has 0 unspecified atom stereocenters. The molecule has 0 spiro atoms. The Morgan fingerprint density at radius 1 is 1.31 bits per heavy atom. The Kier molecular flexibility index (Phi) is 3.07. The van der Waals surface area contributed by atoms with Crippen LogP contribution in [0.1, 0.15) is 23.6 Å². The second-order valence-corrected chi connectivity index (χ2v) is 3.40. The number of hydrogen-bond acceptors (Lipinski definition) is 0. The molecule has 0 nitrogen and oxygen atoms in total. The summed E-state index contributed by atoms with van der Waals surface area (Å²) in [5.74, 6) is 0. The summed E-state index contributed by atoms with van der Waals surface area (Å²) in [5, 5.41) is 0. The van der Waals surface area contributed by atoms with Crippen LogP contribution in [-0.4, -0.2) is 0 Å². The normalized spacial score (nSPS) is 11.5. The first-order valence-corrected chi connectivity index (χ1v) is 4.52. The zero-order chi connectivity index (χ0) is 9.84. The lowest BCUT2D eigenvalue weighted by Gasteiger charge is -2.06. The fourth-order valence-corrected chi connectivity index (χ4v) is 1.52. The van der Waals surface area contributed by atoms with Gasteiger partial charge in [-0.3, -0.25) is 0 Å². The standard InChI is InChI=1S/C13H16/c1-5-6-11(3)13-8-7-10(2)9-12(13)4/h5-9H,1H2,2-4H3/b11-6+. The van der Waals surface area contributed by atoms with Gasteiger partial charge in [0.15, 0.2) is 0 Å². The summed E-state index contributed by atoms with van der Waals surface area (Å²) in [6, 6.07) is 6.51. The van der Waals surface area contributed by atoms with Crippen LogP contribution in [-0.2, 0) is 0 Å². The summed E-state index contributed by atoms with van der Waals surface area (Å²) in [6.45, 7) is 10.1. The van der Waals surface area contributed by atoms with Crippen molar-refractivity contribution in [2.45, 2.75) is 20.8 Å². The second kappa shape index (κ2) is 4.08. The van der Waals surface area contributed by atoms with Gasteiger partial charge in [-0.05, 0) is 37.5 Å². The SMILES string of the molecule is C=C/C=C(\C)c1ccc(C)cc1C. The van der Waals surface area contributed by atoms with Crippen molar-refractivity contribution in [2.24, 2.45) is 0 Å². The van der Waals surface area contributed by atoms with Crippen molar-refractivity contribution in [1.82, 2.24) is 0 Å². The summed E-state index contributed by atoms with van der Waals surface area (Å²) in [7, 11) is 0. The van der Waals surface area contributed by atoms with Crippen LogP contribution in [0.5, 0.6) is 0 Å². The number of benzene rings is 1. The van der Waals surface area contributed by atoms with Crippen molar-refractivity contribution in [3.05, 3.63) is 53.6 Å². The Morgan fingerprint density at radius 3 is 2.54 bits per heavy atom. The van der Waals surface area contributed by atoms with Crippen LogP contribution in [0, 0.1) is 13.8 Å². The summed E-state index contributed by atoms with van der Waals surface area (Å²) in [6.07, 6.45) is 3.87. The molecule has 68 valence electrons. The third kappa shape index (κ3) is 2.32. The van der Waals surface area contributed by atoms with Crippen LogP contribution in [0.25, 0.3) is 5.57 Å². The molecule has 0 fully saturated rings. The van der Waals surface area contributed by atoms with Gasteiger partial charge in [0, 0.05) is 0 Å². The number of hydrogen-bond donors (Lipinski definition) is 0. The molecule has 13 heavy (non-hydrogen) atoms. The molecule has 1 rings (SSSR count). The Balaban J connectivity index is 3.15. The maximum absolute atomic E-state index is 3.70. The lowest BCUT2D eigenvalue weighted by molar-refractivity contribution is 1.35. The molecule has 1 aromatic carbocycles. The summed E-state index contributed by atoms with van der Waals surface area (Å²) in [4.78, 5) is 0. The van der Waals surface area contributed by atoms with E-state index < -0.39 is 0 Å². The zero-order valence-corrected chi connectivity index (χ0v) is 8.59. The molecule has 0 heteroatoms. The highest BCUT2D eigenvalue weighted by Crippen LogP contribution is 2.19. The van der Waals surface area contributed by atoms with Gasteiger partial charge in [0.25, 0.3) is 0 Å². The lowest BCUT2D eigenvalue weighted by atomic mass is 10.00. The van der Waals surface area contributed by atoms with E-state index in [9.17, 15) is 0 Å². The first-order valence-electron chi connectivity index (χ1n) is 4.52. The van der Waals surface area contributed by atoms with Crippen LogP contribution in [0.2, 0.25) is 0 Å². The van der Waals surface area contributed by atoms with Gasteiger partial charge in [0.1, 0.15) is 0 Å². The molecule has 0 N–H and O–H groups in total. The van der Waals surface area contributed by atoms with E-state index in [2.05, 4.69) is 45.5 Å². The summed E-state index contributed by atoms with van der Waals surface area (Å²) < 4.78 is 0. The summed E-state index contributed by atoms with van der Waals surface area (Å²) in [5.41, 5.74) is 5.22. The molecule has 0 aromatic heterocycles. The molecule has 0 bridgehead atoms. The maximum Gasteiger partial charge on any atom is -0.0198 e. The second-order valence-electron chi connectivity index (χ2n) is 3.40. The minimum atomic E-state index is 1.27. The highest BCUT2D eigenvalue weighted by molar-refractivity contribution is 5.67. The van der Waals surface area contributed by atoms with E-state index in [1.54, 1.807) is 0 Å². The third-order valence-electron chi connectivity index (χ3n) is 2.17. The first-order chi connectivity index (χ1) is 6.15. The van der Waals surface area contributed by atoms with Crippen molar-refractivity contribution < 1.29 is 0 Å². The predicted molar refractivity (Wildman–Crippen MR) is 59.8 cm³/mol. The molecule has 1 aromatic rings. The zero-order valence-electron chi connectivity index (χ0n) is 8.59. The van der Waals surface area contributed by atoms with E-state index in [0.717, 1.165) is 0 Å². The van der Waals surface area contributed by atoms with E-state index in [4.69, 9.17) is 0 Å². The van der Waals surface area contributed by atoms with E-state index >= 15 is 0 Å². The number of rotatable bonds is 2. The molecule has 0 amide bonds. The lowest BCUT2D eigenvalue weighted by Crippen LogP contribution is -1.86. The maximum atomic E-state index is 3.70. The van der Waals surface area contributed by atoms with E-state index in [-0.39, 0.29) is 0 Å². The highest BCUT2D eigenvalue weighted by Gasteiger charge is 1.98. The predicted octanol–water partition coefficient (Wildman–Crippen LogP) is 3.89. The van der Waals surface area contributed by atoms with Crippen LogP contribution < -0.4 is 0 Å². The van der Waals surface area contributed by atoms with Crippen LogP contribution in [0.3, 0.4) is 0 Å². The average molecular weight is 172 g/mol. The minimum absolute atomic E-state index is 1.27. The van der Waals surface area contributed by atoms with Crippen LogP contribution in [0.15, 0.2) is 36.9 Å². The van der Waals surface area contributed by atoms with Gasteiger partial charge in [-0.1, -0.05) is 42.5 Å². The fourth-order valence-electron chi connectivity index (χ4n) is 1.52.